The van der Waals surface area contributed by atoms with Crippen molar-refractivity contribution in [3.8, 4) is 5.75 Å². The van der Waals surface area contributed by atoms with Crippen molar-refractivity contribution in [2.75, 3.05) is 0 Å². The third-order valence-corrected chi connectivity index (χ3v) is 3.66. The molecule has 3 aromatic rings. The fourth-order valence-electron chi connectivity index (χ4n) is 2.37. The first-order valence-corrected chi connectivity index (χ1v) is 7.74. The van der Waals surface area contributed by atoms with Gasteiger partial charge in [0.05, 0.1) is 0 Å². The van der Waals surface area contributed by atoms with Crippen LogP contribution in [-0.2, 0) is 13.0 Å². The SMILES string of the molecule is O=c1cc(C(O)Cc2ccccc2)occ1OCc1ccccc1. The lowest BCUT2D eigenvalue weighted by molar-refractivity contribution is 0.146. The highest BCUT2D eigenvalue weighted by molar-refractivity contribution is 5.22. The number of hydrogen-bond donors (Lipinski definition) is 1. The first kappa shape index (κ1) is 16.0. The highest BCUT2D eigenvalue weighted by Gasteiger charge is 2.14. The highest BCUT2D eigenvalue weighted by atomic mass is 16.5. The summed E-state index contributed by atoms with van der Waals surface area (Å²) in [5.41, 5.74) is 1.63. The van der Waals surface area contributed by atoms with Gasteiger partial charge in [-0.25, -0.2) is 0 Å². The molecule has 0 radical (unpaired) electrons. The van der Waals surface area contributed by atoms with Crippen LogP contribution in [0.1, 0.15) is 23.0 Å². The average Bonchev–Trinajstić information content (AvgIpc) is 2.62. The van der Waals surface area contributed by atoms with Crippen molar-refractivity contribution in [2.45, 2.75) is 19.1 Å². The fraction of sp³-hybridized carbons (Fsp3) is 0.150. The van der Waals surface area contributed by atoms with E-state index in [2.05, 4.69) is 0 Å². The molecule has 0 amide bonds. The molecule has 24 heavy (non-hydrogen) atoms. The molecule has 0 saturated carbocycles. The van der Waals surface area contributed by atoms with Crippen molar-refractivity contribution in [3.63, 3.8) is 0 Å². The van der Waals surface area contributed by atoms with Crippen LogP contribution in [0.4, 0.5) is 0 Å². The summed E-state index contributed by atoms with van der Waals surface area (Å²) in [6.07, 6.45) is 0.770. The van der Waals surface area contributed by atoms with E-state index in [4.69, 9.17) is 9.15 Å². The maximum atomic E-state index is 12.1. The Hall–Kier alpha value is -2.85. The molecule has 1 heterocycles. The molecule has 0 bridgehead atoms. The van der Waals surface area contributed by atoms with E-state index in [0.717, 1.165) is 11.1 Å². The van der Waals surface area contributed by atoms with Crippen LogP contribution in [0.25, 0.3) is 0 Å². The van der Waals surface area contributed by atoms with Gasteiger partial charge in [-0.1, -0.05) is 60.7 Å². The molecule has 0 spiro atoms. The van der Waals surface area contributed by atoms with Crippen molar-refractivity contribution in [1.29, 1.82) is 0 Å². The number of ether oxygens (including phenoxy) is 1. The van der Waals surface area contributed by atoms with Crippen LogP contribution in [-0.4, -0.2) is 5.11 Å². The quantitative estimate of drug-likeness (QED) is 0.754. The van der Waals surface area contributed by atoms with E-state index < -0.39 is 6.10 Å². The highest BCUT2D eigenvalue weighted by Crippen LogP contribution is 2.19. The Labute approximate surface area is 140 Å². The second-order valence-corrected chi connectivity index (χ2v) is 5.49. The summed E-state index contributed by atoms with van der Waals surface area (Å²) in [6, 6.07) is 20.4. The van der Waals surface area contributed by atoms with E-state index in [9.17, 15) is 9.90 Å². The van der Waals surface area contributed by atoms with Crippen molar-refractivity contribution in [2.24, 2.45) is 0 Å². The number of benzene rings is 2. The van der Waals surface area contributed by atoms with Crippen molar-refractivity contribution < 1.29 is 14.3 Å². The maximum absolute atomic E-state index is 12.1. The minimum atomic E-state index is -0.872. The number of aliphatic hydroxyl groups excluding tert-OH is 1. The Morgan fingerprint density at radius 1 is 0.958 bits per heavy atom. The molecule has 1 N–H and O–H groups in total. The number of hydrogen-bond acceptors (Lipinski definition) is 4. The summed E-state index contributed by atoms with van der Waals surface area (Å²) < 4.78 is 10.9. The van der Waals surface area contributed by atoms with E-state index in [1.54, 1.807) is 0 Å². The zero-order valence-corrected chi connectivity index (χ0v) is 13.1. The van der Waals surface area contributed by atoms with Gasteiger partial charge in [0.1, 0.15) is 24.7 Å². The first-order valence-electron chi connectivity index (χ1n) is 7.74. The lowest BCUT2D eigenvalue weighted by atomic mass is 10.1. The normalized spacial score (nSPS) is 11.9. The summed E-state index contributed by atoms with van der Waals surface area (Å²) in [6.45, 7) is 0.289. The molecule has 0 aliphatic rings. The van der Waals surface area contributed by atoms with Crippen LogP contribution in [0.3, 0.4) is 0 Å². The summed E-state index contributed by atoms with van der Waals surface area (Å²) in [4.78, 5) is 12.1. The van der Waals surface area contributed by atoms with Gasteiger partial charge < -0.3 is 14.3 Å². The lowest BCUT2D eigenvalue weighted by Gasteiger charge is -2.11. The van der Waals surface area contributed by atoms with Gasteiger partial charge in [-0.2, -0.15) is 0 Å². The second-order valence-electron chi connectivity index (χ2n) is 5.49. The lowest BCUT2D eigenvalue weighted by Crippen LogP contribution is -2.10. The molecule has 4 heteroatoms. The van der Waals surface area contributed by atoms with E-state index in [-0.39, 0.29) is 23.5 Å². The summed E-state index contributed by atoms with van der Waals surface area (Å²) in [7, 11) is 0. The van der Waals surface area contributed by atoms with Crippen LogP contribution in [0, 0.1) is 0 Å². The number of aliphatic hydroxyl groups is 1. The topological polar surface area (TPSA) is 59.7 Å². The third-order valence-electron chi connectivity index (χ3n) is 3.66. The molecule has 122 valence electrons. The van der Waals surface area contributed by atoms with Crippen LogP contribution in [0.2, 0.25) is 0 Å². The fourth-order valence-corrected chi connectivity index (χ4v) is 2.37. The standard InChI is InChI=1S/C20H18O4/c21-17(11-15-7-3-1-4-8-15)19-12-18(22)20(14-24-19)23-13-16-9-5-2-6-10-16/h1-10,12,14,17,21H,11,13H2. The Balaban J connectivity index is 1.67. The Morgan fingerprint density at radius 2 is 1.58 bits per heavy atom. The molecule has 0 aliphatic heterocycles. The summed E-state index contributed by atoms with van der Waals surface area (Å²) in [5, 5.41) is 10.2. The number of rotatable bonds is 6. The minimum absolute atomic E-state index is 0.134. The van der Waals surface area contributed by atoms with Gasteiger partial charge in [0.15, 0.2) is 0 Å². The molecule has 0 aliphatic carbocycles. The Bertz CT molecular complexity index is 825. The van der Waals surface area contributed by atoms with Crippen molar-refractivity contribution in [1.82, 2.24) is 0 Å². The summed E-state index contributed by atoms with van der Waals surface area (Å²) in [5.74, 6) is 0.366. The molecule has 0 fully saturated rings. The molecule has 0 saturated heterocycles. The molecule has 1 unspecified atom stereocenters. The van der Waals surface area contributed by atoms with Crippen LogP contribution in [0.5, 0.6) is 5.75 Å². The molecular weight excluding hydrogens is 304 g/mol. The molecular formula is C20H18O4. The van der Waals surface area contributed by atoms with E-state index in [1.807, 2.05) is 60.7 Å². The van der Waals surface area contributed by atoms with Gasteiger partial charge in [0.2, 0.25) is 11.2 Å². The van der Waals surface area contributed by atoms with Gasteiger partial charge in [-0.3, -0.25) is 4.79 Å². The zero-order valence-electron chi connectivity index (χ0n) is 13.1. The second kappa shape index (κ2) is 7.62. The summed E-state index contributed by atoms with van der Waals surface area (Å²) >= 11 is 0. The average molecular weight is 322 g/mol. The zero-order chi connectivity index (χ0) is 16.8. The van der Waals surface area contributed by atoms with Crippen LogP contribution in [0.15, 0.2) is 82.2 Å². The minimum Gasteiger partial charge on any atom is -0.482 e. The van der Waals surface area contributed by atoms with Gasteiger partial charge in [-0.15, -0.1) is 0 Å². The Kier molecular flexibility index (Phi) is 5.08. The molecule has 1 atom stereocenters. The van der Waals surface area contributed by atoms with Gasteiger partial charge in [-0.05, 0) is 11.1 Å². The predicted molar refractivity (Wildman–Crippen MR) is 90.9 cm³/mol. The molecule has 3 rings (SSSR count). The van der Waals surface area contributed by atoms with E-state index >= 15 is 0 Å². The van der Waals surface area contributed by atoms with Crippen molar-refractivity contribution in [3.05, 3.63) is 100 Å². The molecule has 2 aromatic carbocycles. The van der Waals surface area contributed by atoms with Gasteiger partial charge >= 0.3 is 0 Å². The molecule has 4 nitrogen and oxygen atoms in total. The van der Waals surface area contributed by atoms with Crippen LogP contribution < -0.4 is 10.2 Å². The Morgan fingerprint density at radius 3 is 2.21 bits per heavy atom. The maximum Gasteiger partial charge on any atom is 0.227 e. The van der Waals surface area contributed by atoms with Crippen molar-refractivity contribution >= 4 is 0 Å². The monoisotopic (exact) mass is 322 g/mol. The predicted octanol–water partition coefficient (Wildman–Crippen LogP) is 3.49. The van der Waals surface area contributed by atoms with E-state index in [1.165, 1.54) is 12.3 Å². The van der Waals surface area contributed by atoms with E-state index in [0.29, 0.717) is 6.42 Å². The third kappa shape index (κ3) is 4.12. The smallest absolute Gasteiger partial charge is 0.227 e. The molecule has 1 aromatic heterocycles. The first-order chi connectivity index (χ1) is 11.7. The van der Waals surface area contributed by atoms with Gasteiger partial charge in [0, 0.05) is 12.5 Å². The largest absolute Gasteiger partial charge is 0.482 e. The van der Waals surface area contributed by atoms with Crippen LogP contribution >= 0.6 is 0 Å². The van der Waals surface area contributed by atoms with Gasteiger partial charge in [0.25, 0.3) is 0 Å².